The average Bonchev–Trinajstić information content (AvgIpc) is 2.88. The van der Waals surface area contributed by atoms with Crippen molar-refractivity contribution in [2.24, 2.45) is 0 Å². The Kier molecular flexibility index (Phi) is 5.66. The van der Waals surface area contributed by atoms with Crippen LogP contribution < -0.4 is 4.90 Å². The van der Waals surface area contributed by atoms with E-state index >= 15 is 0 Å². The molecule has 0 aromatic carbocycles. The van der Waals surface area contributed by atoms with Gasteiger partial charge in [-0.05, 0) is 51.4 Å². The molecule has 0 unspecified atom stereocenters. The first-order valence-corrected chi connectivity index (χ1v) is 9.27. The van der Waals surface area contributed by atoms with E-state index in [1.54, 1.807) is 0 Å². The Balaban J connectivity index is 1.62. The molecule has 6 heteroatoms. The fourth-order valence-electron chi connectivity index (χ4n) is 3.79. The second kappa shape index (κ2) is 7.92. The first kappa shape index (κ1) is 17.1. The zero-order valence-electron chi connectivity index (χ0n) is 14.9. The molecule has 0 bridgehead atoms. The molecule has 0 aliphatic carbocycles. The highest BCUT2D eigenvalue weighted by Crippen LogP contribution is 2.20. The molecular weight excluding hydrogens is 302 g/mol. The maximum absolute atomic E-state index is 13.0. The Bertz CT molecular complexity index is 547. The van der Waals surface area contributed by atoms with Crippen molar-refractivity contribution in [2.45, 2.75) is 45.6 Å². The lowest BCUT2D eigenvalue weighted by atomic mass is 10.0. The quantitative estimate of drug-likeness (QED) is 0.844. The summed E-state index contributed by atoms with van der Waals surface area (Å²) < 4.78 is 0. The van der Waals surface area contributed by atoms with E-state index < -0.39 is 0 Å². The minimum atomic E-state index is 0.0921. The number of likely N-dealkylation sites (tertiary alicyclic amines) is 1. The van der Waals surface area contributed by atoms with Crippen LogP contribution in [0.1, 0.15) is 38.3 Å². The van der Waals surface area contributed by atoms with Gasteiger partial charge in [0, 0.05) is 26.2 Å². The molecule has 1 aromatic rings. The summed E-state index contributed by atoms with van der Waals surface area (Å²) >= 11 is 0. The Morgan fingerprint density at radius 2 is 1.96 bits per heavy atom. The van der Waals surface area contributed by atoms with Gasteiger partial charge in [0.05, 0.1) is 11.7 Å². The van der Waals surface area contributed by atoms with Crippen molar-refractivity contribution in [3.05, 3.63) is 17.8 Å². The monoisotopic (exact) mass is 331 g/mol. The fourth-order valence-corrected chi connectivity index (χ4v) is 3.79. The van der Waals surface area contributed by atoms with Gasteiger partial charge in [-0.25, -0.2) is 0 Å². The molecule has 3 heterocycles. The third kappa shape index (κ3) is 3.86. The molecule has 132 valence electrons. The molecular formula is C18H29N5O. The summed E-state index contributed by atoms with van der Waals surface area (Å²) in [5, 5.41) is 8.45. The van der Waals surface area contributed by atoms with Crippen molar-refractivity contribution in [1.82, 2.24) is 20.0 Å². The van der Waals surface area contributed by atoms with Gasteiger partial charge in [-0.15, -0.1) is 5.10 Å². The van der Waals surface area contributed by atoms with E-state index in [-0.39, 0.29) is 6.04 Å². The molecule has 0 saturated carbocycles. The van der Waals surface area contributed by atoms with Crippen molar-refractivity contribution in [1.29, 1.82) is 0 Å². The van der Waals surface area contributed by atoms with Crippen molar-refractivity contribution < 1.29 is 4.79 Å². The van der Waals surface area contributed by atoms with Gasteiger partial charge < -0.3 is 9.80 Å². The topological polar surface area (TPSA) is 52.6 Å². The Hall–Kier alpha value is -1.69. The second-order valence-corrected chi connectivity index (χ2v) is 6.84. The predicted molar refractivity (Wildman–Crippen MR) is 95.1 cm³/mol. The third-order valence-electron chi connectivity index (χ3n) is 5.22. The Morgan fingerprint density at radius 1 is 1.08 bits per heavy atom. The summed E-state index contributed by atoms with van der Waals surface area (Å²) in [4.78, 5) is 19.7. The zero-order chi connectivity index (χ0) is 16.9. The lowest BCUT2D eigenvalue weighted by Crippen LogP contribution is -2.51. The van der Waals surface area contributed by atoms with Crippen LogP contribution in [0.2, 0.25) is 0 Å². The van der Waals surface area contributed by atoms with Gasteiger partial charge in [0.2, 0.25) is 5.91 Å². The van der Waals surface area contributed by atoms with E-state index in [1.165, 1.54) is 12.8 Å². The lowest BCUT2D eigenvalue weighted by Gasteiger charge is -2.36. The van der Waals surface area contributed by atoms with Gasteiger partial charge in [0.25, 0.3) is 0 Å². The number of anilines is 1. The summed E-state index contributed by atoms with van der Waals surface area (Å²) in [6.07, 6.45) is 4.39. The molecule has 0 N–H and O–H groups in total. The largest absolute Gasteiger partial charge is 0.353 e. The molecule has 1 amide bonds. The zero-order valence-corrected chi connectivity index (χ0v) is 14.9. The molecule has 0 radical (unpaired) electrons. The molecule has 2 aliphatic heterocycles. The summed E-state index contributed by atoms with van der Waals surface area (Å²) in [6, 6.07) is 4.12. The molecule has 6 nitrogen and oxygen atoms in total. The number of hydrogen-bond acceptors (Lipinski definition) is 5. The lowest BCUT2D eigenvalue weighted by molar-refractivity contribution is -0.138. The van der Waals surface area contributed by atoms with Gasteiger partial charge in [0.1, 0.15) is 0 Å². The van der Waals surface area contributed by atoms with E-state index in [4.69, 9.17) is 0 Å². The van der Waals surface area contributed by atoms with Crippen LogP contribution in [0.25, 0.3) is 0 Å². The molecule has 1 atom stereocenters. The van der Waals surface area contributed by atoms with Crippen LogP contribution in [0.4, 0.5) is 5.82 Å². The van der Waals surface area contributed by atoms with Crippen LogP contribution in [-0.2, 0) is 4.79 Å². The second-order valence-electron chi connectivity index (χ2n) is 6.84. The number of carbonyl (C=O) groups is 1. The van der Waals surface area contributed by atoms with Crippen molar-refractivity contribution >= 4 is 11.7 Å². The summed E-state index contributed by atoms with van der Waals surface area (Å²) in [7, 11) is 0. The van der Waals surface area contributed by atoms with Crippen LogP contribution in [0.15, 0.2) is 12.1 Å². The number of piperidine rings is 1. The molecule has 1 aromatic heterocycles. The number of rotatable bonds is 3. The maximum Gasteiger partial charge on any atom is 0.239 e. The minimum absolute atomic E-state index is 0.0921. The number of hydrogen-bond donors (Lipinski definition) is 0. The maximum atomic E-state index is 13.0. The number of carbonyl (C=O) groups excluding carboxylic acids is 1. The van der Waals surface area contributed by atoms with Gasteiger partial charge in [-0.1, -0.05) is 13.3 Å². The van der Waals surface area contributed by atoms with Crippen molar-refractivity contribution in [3.63, 3.8) is 0 Å². The number of likely N-dealkylation sites (N-methyl/N-ethyl adjacent to an activating group) is 1. The van der Waals surface area contributed by atoms with Gasteiger partial charge in [-0.2, -0.15) is 5.10 Å². The highest BCUT2D eigenvalue weighted by molar-refractivity contribution is 5.82. The highest BCUT2D eigenvalue weighted by atomic mass is 16.2. The fraction of sp³-hybridized carbons (Fsp3) is 0.722. The number of aryl methyl sites for hydroxylation is 1. The standard InChI is InChI=1S/C18H29N5O/c1-3-21-10-5-4-7-16(21)18(24)23-12-6-11-22(13-14-23)17-9-8-15(2)19-20-17/h8-9,16H,3-7,10-14H2,1-2H3/t16-/m0/s1. The number of nitrogens with zero attached hydrogens (tertiary/aromatic N) is 5. The SMILES string of the molecule is CCN1CCCC[C@H]1C(=O)N1CCCN(c2ccc(C)nn2)CC1. The first-order chi connectivity index (χ1) is 11.7. The number of amides is 1. The summed E-state index contributed by atoms with van der Waals surface area (Å²) in [5.41, 5.74) is 0.933. The average molecular weight is 331 g/mol. The van der Waals surface area contributed by atoms with E-state index in [0.29, 0.717) is 5.91 Å². The molecule has 2 fully saturated rings. The molecule has 3 rings (SSSR count). The number of aromatic nitrogens is 2. The van der Waals surface area contributed by atoms with Gasteiger partial charge in [-0.3, -0.25) is 9.69 Å². The van der Waals surface area contributed by atoms with Crippen LogP contribution in [-0.4, -0.2) is 71.2 Å². The molecule has 0 spiro atoms. The minimum Gasteiger partial charge on any atom is -0.353 e. The molecule has 24 heavy (non-hydrogen) atoms. The normalized spacial score (nSPS) is 23.2. The van der Waals surface area contributed by atoms with Crippen LogP contribution in [0.3, 0.4) is 0 Å². The first-order valence-electron chi connectivity index (χ1n) is 9.27. The third-order valence-corrected chi connectivity index (χ3v) is 5.22. The van der Waals surface area contributed by atoms with Gasteiger partial charge >= 0.3 is 0 Å². The molecule has 2 aliphatic rings. The van der Waals surface area contributed by atoms with Crippen molar-refractivity contribution in [2.75, 3.05) is 44.2 Å². The van der Waals surface area contributed by atoms with E-state index in [0.717, 1.165) is 63.6 Å². The molecule has 2 saturated heterocycles. The van der Waals surface area contributed by atoms with Crippen LogP contribution in [0.5, 0.6) is 0 Å². The van der Waals surface area contributed by atoms with E-state index in [1.807, 2.05) is 19.1 Å². The Morgan fingerprint density at radius 3 is 2.71 bits per heavy atom. The van der Waals surface area contributed by atoms with Gasteiger partial charge in [0.15, 0.2) is 5.82 Å². The Labute approximate surface area is 144 Å². The van der Waals surface area contributed by atoms with Crippen LogP contribution in [0, 0.1) is 6.92 Å². The van der Waals surface area contributed by atoms with Crippen LogP contribution >= 0.6 is 0 Å². The van der Waals surface area contributed by atoms with E-state index in [2.05, 4.69) is 31.8 Å². The van der Waals surface area contributed by atoms with E-state index in [9.17, 15) is 4.79 Å². The highest BCUT2D eigenvalue weighted by Gasteiger charge is 2.31. The van der Waals surface area contributed by atoms with Crippen molar-refractivity contribution in [3.8, 4) is 0 Å². The summed E-state index contributed by atoms with van der Waals surface area (Å²) in [5.74, 6) is 1.25. The summed E-state index contributed by atoms with van der Waals surface area (Å²) in [6.45, 7) is 9.54. The predicted octanol–water partition coefficient (Wildman–Crippen LogP) is 1.70. The smallest absolute Gasteiger partial charge is 0.239 e.